The molecule has 1 amide bonds. The molecule has 5 nitrogen and oxygen atoms in total. The molecule has 3 aromatic rings. The van der Waals surface area contributed by atoms with Gasteiger partial charge >= 0.3 is 0 Å². The van der Waals surface area contributed by atoms with E-state index in [1.165, 1.54) is 12.0 Å². The van der Waals surface area contributed by atoms with Crippen molar-refractivity contribution in [3.8, 4) is 5.75 Å². The number of nitrogens with zero attached hydrogens (tertiary/aromatic N) is 2. The van der Waals surface area contributed by atoms with Crippen molar-refractivity contribution in [2.24, 2.45) is 0 Å². The number of ether oxygens (including phenoxy) is 1. The number of fused-ring (bicyclic) bond motifs is 1. The maximum atomic E-state index is 14.3. The van der Waals surface area contributed by atoms with E-state index in [-0.39, 0.29) is 31.3 Å². The van der Waals surface area contributed by atoms with Gasteiger partial charge in [0.2, 0.25) is 0 Å². The summed E-state index contributed by atoms with van der Waals surface area (Å²) in [4.78, 5) is 15.7. The number of nitrogens with one attached hydrogen (secondary N) is 1. The van der Waals surface area contributed by atoms with E-state index in [2.05, 4.69) is 5.32 Å². The first kappa shape index (κ1) is 24.0. The van der Waals surface area contributed by atoms with Crippen molar-refractivity contribution < 1.29 is 27.1 Å². The number of hydrogen-bond donors (Lipinski definition) is 1. The van der Waals surface area contributed by atoms with Crippen molar-refractivity contribution in [1.29, 1.82) is 0 Å². The number of hydrogen-bond acceptors (Lipinski definition) is 4. The van der Waals surface area contributed by atoms with Crippen molar-refractivity contribution >= 4 is 51.3 Å². The summed E-state index contributed by atoms with van der Waals surface area (Å²) in [7, 11) is 1.46. The Bertz CT molecular complexity index is 1270. The lowest BCUT2D eigenvalue weighted by Crippen LogP contribution is -2.53. The van der Waals surface area contributed by atoms with Gasteiger partial charge in [0.05, 0.1) is 12.7 Å². The topological polar surface area (TPSA) is 44.8 Å². The zero-order chi connectivity index (χ0) is 24.6. The second-order valence-corrected chi connectivity index (χ2v) is 8.32. The lowest BCUT2D eigenvalue weighted by Gasteiger charge is -2.37. The van der Waals surface area contributed by atoms with Gasteiger partial charge in [0, 0.05) is 26.2 Å². The first-order valence-corrected chi connectivity index (χ1v) is 10.9. The molecule has 1 N–H and O–H groups in total. The van der Waals surface area contributed by atoms with Crippen LogP contribution < -0.4 is 15.0 Å². The van der Waals surface area contributed by atoms with Gasteiger partial charge in [0.1, 0.15) is 16.5 Å². The van der Waals surface area contributed by atoms with Gasteiger partial charge in [-0.05, 0) is 35.1 Å². The van der Waals surface area contributed by atoms with Crippen LogP contribution in [0.1, 0.15) is 10.4 Å². The second kappa shape index (κ2) is 9.63. The highest BCUT2D eigenvalue weighted by atomic mass is 35.5. The molecule has 1 saturated heterocycles. The summed E-state index contributed by atoms with van der Waals surface area (Å²) >= 11 is 10.6. The smallest absolute Gasteiger partial charge is 0.261 e. The van der Waals surface area contributed by atoms with Crippen LogP contribution in [-0.4, -0.2) is 49.2 Å². The number of anilines is 1. The minimum absolute atomic E-state index is 0.00363. The summed E-state index contributed by atoms with van der Waals surface area (Å²) in [5.41, 5.74) is -0.534. The molecule has 1 fully saturated rings. The standard InChI is InChI=1S/C23H18ClF4N3O2S/c1-33-15-11-13-5-3-2-4-12(13)10-14(15)22(32)29-23(34)31-8-6-30(7-9-31)21-19(27)17(25)16(24)18(26)20(21)28/h2-5,10-11H,6-9H2,1H3,(H,29,32,34). The fourth-order valence-electron chi connectivity index (χ4n) is 3.81. The Hall–Kier alpha value is -3.11. The monoisotopic (exact) mass is 511 g/mol. The third kappa shape index (κ3) is 4.35. The fourth-order valence-corrected chi connectivity index (χ4v) is 4.25. The van der Waals surface area contributed by atoms with Crippen molar-refractivity contribution in [1.82, 2.24) is 10.2 Å². The molecule has 0 saturated carbocycles. The number of methoxy groups -OCH3 is 1. The number of amides is 1. The van der Waals surface area contributed by atoms with E-state index in [0.717, 1.165) is 10.8 Å². The van der Waals surface area contributed by atoms with E-state index in [1.54, 1.807) is 17.0 Å². The molecule has 4 rings (SSSR count). The van der Waals surface area contributed by atoms with E-state index in [4.69, 9.17) is 28.6 Å². The van der Waals surface area contributed by atoms with Crippen LogP contribution in [0.4, 0.5) is 23.2 Å². The quantitative estimate of drug-likeness (QED) is 0.235. The van der Waals surface area contributed by atoms with Crippen molar-refractivity contribution in [3.05, 3.63) is 70.3 Å². The van der Waals surface area contributed by atoms with Gasteiger partial charge in [-0.25, -0.2) is 17.6 Å². The second-order valence-electron chi connectivity index (χ2n) is 7.55. The van der Waals surface area contributed by atoms with Crippen LogP contribution in [0.2, 0.25) is 5.02 Å². The molecule has 0 unspecified atom stereocenters. The average molecular weight is 512 g/mol. The van der Waals surface area contributed by atoms with Crippen LogP contribution >= 0.6 is 23.8 Å². The molecule has 0 radical (unpaired) electrons. The summed E-state index contributed by atoms with van der Waals surface area (Å²) in [6, 6.07) is 10.9. The molecular formula is C23H18ClF4N3O2S. The molecule has 0 aromatic heterocycles. The van der Waals surface area contributed by atoms with Gasteiger partial charge in [0.15, 0.2) is 28.4 Å². The Balaban J connectivity index is 1.46. The van der Waals surface area contributed by atoms with E-state index in [1.807, 2.05) is 24.3 Å². The summed E-state index contributed by atoms with van der Waals surface area (Å²) < 4.78 is 61.5. The highest BCUT2D eigenvalue weighted by molar-refractivity contribution is 7.80. The van der Waals surface area contributed by atoms with E-state index >= 15 is 0 Å². The minimum atomic E-state index is -1.65. The van der Waals surface area contributed by atoms with E-state index in [9.17, 15) is 22.4 Å². The third-order valence-corrected chi connectivity index (χ3v) is 6.29. The number of halogens is 5. The maximum Gasteiger partial charge on any atom is 0.261 e. The molecule has 0 spiro atoms. The maximum absolute atomic E-state index is 14.3. The van der Waals surface area contributed by atoms with E-state index in [0.29, 0.717) is 11.3 Å². The largest absolute Gasteiger partial charge is 0.496 e. The van der Waals surface area contributed by atoms with Crippen LogP contribution in [0.25, 0.3) is 10.8 Å². The molecule has 11 heteroatoms. The Labute approximate surface area is 202 Å². The molecule has 178 valence electrons. The van der Waals surface area contributed by atoms with E-state index < -0.39 is 39.9 Å². The normalized spacial score (nSPS) is 13.8. The predicted molar refractivity (Wildman–Crippen MR) is 126 cm³/mol. The summed E-state index contributed by atoms with van der Waals surface area (Å²) in [5, 5.41) is 3.27. The lowest BCUT2D eigenvalue weighted by molar-refractivity contribution is 0.0970. The number of benzene rings is 3. The Morgan fingerprint density at radius 3 is 2.09 bits per heavy atom. The molecule has 1 aliphatic rings. The SMILES string of the molecule is COc1cc2ccccc2cc1C(=O)NC(=S)N1CCN(c2c(F)c(F)c(Cl)c(F)c2F)CC1. The van der Waals surface area contributed by atoms with Crippen LogP contribution in [0, 0.1) is 23.3 Å². The van der Waals surface area contributed by atoms with Gasteiger partial charge in [0.25, 0.3) is 5.91 Å². The Morgan fingerprint density at radius 2 is 1.53 bits per heavy atom. The fraction of sp³-hybridized carbons (Fsp3) is 0.217. The van der Waals surface area contributed by atoms with Crippen LogP contribution in [0.5, 0.6) is 5.75 Å². The summed E-state index contributed by atoms with van der Waals surface area (Å²) in [5.74, 6) is -6.51. The molecule has 3 aromatic carbocycles. The molecule has 1 aliphatic heterocycles. The van der Waals surface area contributed by atoms with Gasteiger partial charge in [-0.15, -0.1) is 0 Å². The number of thiocarbonyl (C=S) groups is 1. The molecular weight excluding hydrogens is 494 g/mol. The van der Waals surface area contributed by atoms with Crippen LogP contribution in [0.3, 0.4) is 0 Å². The van der Waals surface area contributed by atoms with Gasteiger partial charge in [-0.1, -0.05) is 35.9 Å². The number of carbonyl (C=O) groups excluding carboxylic acids is 1. The number of carbonyl (C=O) groups is 1. The molecule has 0 aliphatic carbocycles. The van der Waals surface area contributed by atoms with Gasteiger partial charge < -0.3 is 14.5 Å². The highest BCUT2D eigenvalue weighted by Crippen LogP contribution is 2.34. The Morgan fingerprint density at radius 1 is 0.971 bits per heavy atom. The van der Waals surface area contributed by atoms with Crippen molar-refractivity contribution in [3.63, 3.8) is 0 Å². The minimum Gasteiger partial charge on any atom is -0.496 e. The highest BCUT2D eigenvalue weighted by Gasteiger charge is 2.30. The lowest BCUT2D eigenvalue weighted by atomic mass is 10.1. The van der Waals surface area contributed by atoms with Crippen molar-refractivity contribution in [2.45, 2.75) is 0 Å². The molecule has 34 heavy (non-hydrogen) atoms. The third-order valence-electron chi connectivity index (χ3n) is 5.60. The van der Waals surface area contributed by atoms with Crippen LogP contribution in [0.15, 0.2) is 36.4 Å². The van der Waals surface area contributed by atoms with Crippen LogP contribution in [-0.2, 0) is 0 Å². The predicted octanol–water partition coefficient (Wildman–Crippen LogP) is 4.90. The first-order valence-electron chi connectivity index (χ1n) is 10.2. The van der Waals surface area contributed by atoms with Gasteiger partial charge in [-0.2, -0.15) is 0 Å². The summed E-state index contributed by atoms with van der Waals surface area (Å²) in [6.45, 7) is 0.310. The Kier molecular flexibility index (Phi) is 6.81. The van der Waals surface area contributed by atoms with Crippen molar-refractivity contribution in [2.75, 3.05) is 38.2 Å². The average Bonchev–Trinajstić information content (AvgIpc) is 2.85. The zero-order valence-electron chi connectivity index (χ0n) is 17.8. The van der Waals surface area contributed by atoms with Gasteiger partial charge in [-0.3, -0.25) is 10.1 Å². The molecule has 1 heterocycles. The summed E-state index contributed by atoms with van der Waals surface area (Å²) in [6.07, 6.45) is 0. The molecule has 0 atom stereocenters. The zero-order valence-corrected chi connectivity index (χ0v) is 19.4. The molecule has 0 bridgehead atoms. The first-order chi connectivity index (χ1) is 16.2. The number of rotatable bonds is 3. The number of piperazine rings is 1.